The summed E-state index contributed by atoms with van der Waals surface area (Å²) in [5.41, 5.74) is 0.479. The maximum absolute atomic E-state index is 12.9. The molecule has 2 aromatic rings. The Labute approximate surface area is 134 Å². The highest BCUT2D eigenvalue weighted by molar-refractivity contribution is 5.96. The van der Waals surface area contributed by atoms with Gasteiger partial charge in [-0.3, -0.25) is 4.79 Å². The van der Waals surface area contributed by atoms with E-state index in [1.165, 1.54) is 12.7 Å². The van der Waals surface area contributed by atoms with Gasteiger partial charge in [0, 0.05) is 6.54 Å². The van der Waals surface area contributed by atoms with Crippen LogP contribution in [0.5, 0.6) is 0 Å². The number of nitrogens with zero attached hydrogens (tertiary/aromatic N) is 4. The summed E-state index contributed by atoms with van der Waals surface area (Å²) in [6.07, 6.45) is 9.21. The number of hydrogen-bond donors (Lipinski definition) is 2. The predicted octanol–water partition coefficient (Wildman–Crippen LogP) is 1.38. The fourth-order valence-electron chi connectivity index (χ4n) is 3.87. The van der Waals surface area contributed by atoms with Crippen LogP contribution in [-0.2, 0) is 4.79 Å². The van der Waals surface area contributed by atoms with Crippen molar-refractivity contribution in [2.24, 2.45) is 11.3 Å². The molecule has 1 amide bonds. The van der Waals surface area contributed by atoms with Crippen LogP contribution in [0.2, 0.25) is 0 Å². The lowest BCUT2D eigenvalue weighted by atomic mass is 9.67. The smallest absolute Gasteiger partial charge is 0.232 e. The number of carbonyl (C=O) groups is 1. The lowest BCUT2D eigenvalue weighted by Crippen LogP contribution is -2.44. The number of nitrogens with one attached hydrogen (secondary N) is 2. The van der Waals surface area contributed by atoms with Crippen LogP contribution in [0.25, 0.3) is 5.82 Å². The highest BCUT2D eigenvalue weighted by atomic mass is 16.2. The first-order valence-electron chi connectivity index (χ1n) is 8.11. The number of rotatable bonds is 3. The Balaban J connectivity index is 1.50. The van der Waals surface area contributed by atoms with Crippen molar-refractivity contribution in [3.05, 3.63) is 31.0 Å². The van der Waals surface area contributed by atoms with E-state index in [1.807, 2.05) is 12.1 Å². The van der Waals surface area contributed by atoms with Gasteiger partial charge in [0.2, 0.25) is 5.91 Å². The third-order valence-electron chi connectivity index (χ3n) is 5.15. The minimum atomic E-state index is -0.247. The number of hydrogen-bond acceptors (Lipinski definition) is 5. The number of amides is 1. The summed E-state index contributed by atoms with van der Waals surface area (Å²) in [4.78, 5) is 21.1. The molecule has 2 N–H and O–H groups in total. The third-order valence-corrected chi connectivity index (χ3v) is 5.15. The Hall–Kier alpha value is -2.28. The van der Waals surface area contributed by atoms with Crippen molar-refractivity contribution >= 4 is 11.6 Å². The van der Waals surface area contributed by atoms with Crippen molar-refractivity contribution in [3.63, 3.8) is 0 Å². The van der Waals surface area contributed by atoms with Crippen LogP contribution in [0.4, 0.5) is 5.69 Å². The van der Waals surface area contributed by atoms with E-state index in [-0.39, 0.29) is 11.3 Å². The average molecular weight is 312 g/mol. The number of pyridine rings is 1. The Morgan fingerprint density at radius 3 is 3.13 bits per heavy atom. The van der Waals surface area contributed by atoms with Gasteiger partial charge in [-0.15, -0.1) is 0 Å². The van der Waals surface area contributed by atoms with Gasteiger partial charge in [0.15, 0.2) is 5.82 Å². The average Bonchev–Trinajstić information content (AvgIpc) is 3.25. The predicted molar refractivity (Wildman–Crippen MR) is 85.0 cm³/mol. The number of anilines is 1. The fraction of sp³-hybridized carbons (Fsp3) is 0.500. The van der Waals surface area contributed by atoms with Crippen molar-refractivity contribution in [1.29, 1.82) is 0 Å². The zero-order valence-electron chi connectivity index (χ0n) is 12.9. The summed E-state index contributed by atoms with van der Waals surface area (Å²) in [7, 11) is 0. The summed E-state index contributed by atoms with van der Waals surface area (Å²) in [6, 6.07) is 3.69. The molecule has 2 fully saturated rings. The largest absolute Gasteiger partial charge is 0.324 e. The fourth-order valence-corrected chi connectivity index (χ4v) is 3.87. The van der Waals surface area contributed by atoms with E-state index in [1.54, 1.807) is 17.2 Å². The van der Waals surface area contributed by atoms with E-state index in [2.05, 4.69) is 25.7 Å². The molecule has 0 bridgehead atoms. The number of aromatic nitrogens is 4. The molecular formula is C16H20N6O. The normalized spacial score (nSPS) is 26.7. The second kappa shape index (κ2) is 5.73. The quantitative estimate of drug-likeness (QED) is 0.894. The van der Waals surface area contributed by atoms with Crippen molar-refractivity contribution in [2.75, 3.05) is 18.4 Å². The van der Waals surface area contributed by atoms with Gasteiger partial charge in [0.25, 0.3) is 0 Å². The molecule has 1 aliphatic heterocycles. The van der Waals surface area contributed by atoms with E-state index in [0.29, 0.717) is 11.7 Å². The van der Waals surface area contributed by atoms with Gasteiger partial charge < -0.3 is 10.6 Å². The van der Waals surface area contributed by atoms with Crippen molar-refractivity contribution in [3.8, 4) is 5.82 Å². The molecule has 1 aliphatic carbocycles. The number of carbonyl (C=O) groups excluding carboxylic acids is 1. The van der Waals surface area contributed by atoms with Crippen LogP contribution in [-0.4, -0.2) is 38.7 Å². The molecule has 3 heterocycles. The van der Waals surface area contributed by atoms with E-state index in [9.17, 15) is 4.79 Å². The standard InChI is InChI=1S/C16H20N6O/c23-15(16-6-2-1-3-12(16)7-17-9-16)21-13-4-5-14(19-8-13)22-11-18-10-20-22/h4-5,8,10-12,17H,1-3,6-7,9H2,(H,21,23)/t12-,16+/m0/s1. The van der Waals surface area contributed by atoms with E-state index in [0.717, 1.165) is 38.0 Å². The first-order valence-corrected chi connectivity index (χ1v) is 8.11. The highest BCUT2D eigenvalue weighted by Gasteiger charge is 2.49. The summed E-state index contributed by atoms with van der Waals surface area (Å²) in [5.74, 6) is 1.26. The number of fused-ring (bicyclic) bond motifs is 1. The zero-order chi connectivity index (χ0) is 15.7. The molecule has 1 saturated carbocycles. The van der Waals surface area contributed by atoms with E-state index < -0.39 is 0 Å². The molecule has 23 heavy (non-hydrogen) atoms. The van der Waals surface area contributed by atoms with Crippen molar-refractivity contribution in [2.45, 2.75) is 25.7 Å². The minimum Gasteiger partial charge on any atom is -0.324 e. The monoisotopic (exact) mass is 312 g/mol. The van der Waals surface area contributed by atoms with Gasteiger partial charge in [-0.1, -0.05) is 12.8 Å². The Bertz CT molecular complexity index is 683. The van der Waals surface area contributed by atoms with Gasteiger partial charge in [-0.05, 0) is 37.4 Å². The summed E-state index contributed by atoms with van der Waals surface area (Å²) < 4.78 is 1.59. The minimum absolute atomic E-state index is 0.127. The molecule has 2 aromatic heterocycles. The van der Waals surface area contributed by atoms with Gasteiger partial charge in [-0.2, -0.15) is 5.10 Å². The molecule has 1 saturated heterocycles. The molecular weight excluding hydrogens is 292 g/mol. The lowest BCUT2D eigenvalue weighted by molar-refractivity contribution is -0.128. The lowest BCUT2D eigenvalue weighted by Gasteiger charge is -2.37. The second-order valence-electron chi connectivity index (χ2n) is 6.43. The SMILES string of the molecule is O=C(Nc1ccc(-n2cncn2)nc1)[C@@]12CCCC[C@H]1CNC2. The molecule has 7 nitrogen and oxygen atoms in total. The van der Waals surface area contributed by atoms with Crippen LogP contribution < -0.4 is 10.6 Å². The molecule has 120 valence electrons. The van der Waals surface area contributed by atoms with Gasteiger partial charge in [0.1, 0.15) is 12.7 Å². The molecule has 0 aromatic carbocycles. The van der Waals surface area contributed by atoms with E-state index >= 15 is 0 Å². The summed E-state index contributed by atoms with van der Waals surface area (Å²) in [6.45, 7) is 1.74. The Morgan fingerprint density at radius 1 is 1.39 bits per heavy atom. The maximum Gasteiger partial charge on any atom is 0.232 e. The molecule has 2 atom stereocenters. The molecule has 7 heteroatoms. The highest BCUT2D eigenvalue weighted by Crippen LogP contribution is 2.44. The summed E-state index contributed by atoms with van der Waals surface area (Å²) in [5, 5.41) is 10.5. The summed E-state index contributed by atoms with van der Waals surface area (Å²) >= 11 is 0. The van der Waals surface area contributed by atoms with Crippen LogP contribution in [0, 0.1) is 11.3 Å². The van der Waals surface area contributed by atoms with Crippen LogP contribution in [0.3, 0.4) is 0 Å². The Kier molecular flexibility index (Phi) is 3.57. The van der Waals surface area contributed by atoms with Gasteiger partial charge >= 0.3 is 0 Å². The zero-order valence-corrected chi connectivity index (χ0v) is 12.9. The van der Waals surface area contributed by atoms with Crippen molar-refractivity contribution < 1.29 is 4.79 Å². The van der Waals surface area contributed by atoms with Crippen LogP contribution in [0.1, 0.15) is 25.7 Å². The van der Waals surface area contributed by atoms with Crippen LogP contribution in [0.15, 0.2) is 31.0 Å². The molecule has 2 aliphatic rings. The molecule has 4 rings (SSSR count). The molecule has 0 radical (unpaired) electrons. The van der Waals surface area contributed by atoms with Crippen molar-refractivity contribution in [1.82, 2.24) is 25.1 Å². The first kappa shape index (κ1) is 14.3. The van der Waals surface area contributed by atoms with Gasteiger partial charge in [-0.25, -0.2) is 14.6 Å². The molecule has 0 unspecified atom stereocenters. The van der Waals surface area contributed by atoms with Gasteiger partial charge in [0.05, 0.1) is 17.3 Å². The maximum atomic E-state index is 12.9. The first-order chi connectivity index (χ1) is 11.3. The van der Waals surface area contributed by atoms with Crippen LogP contribution >= 0.6 is 0 Å². The second-order valence-corrected chi connectivity index (χ2v) is 6.43. The molecule has 0 spiro atoms. The third kappa shape index (κ3) is 2.50. The Morgan fingerprint density at radius 2 is 2.35 bits per heavy atom. The topological polar surface area (TPSA) is 84.7 Å². The van der Waals surface area contributed by atoms with E-state index in [4.69, 9.17) is 0 Å².